The van der Waals surface area contributed by atoms with E-state index in [-0.39, 0.29) is 0 Å². The number of hydrogen-bond donors (Lipinski definition) is 0. The van der Waals surface area contributed by atoms with Gasteiger partial charge in [-0.3, -0.25) is 0 Å². The van der Waals surface area contributed by atoms with Crippen LogP contribution in [0.5, 0.6) is 0 Å². The van der Waals surface area contributed by atoms with Crippen LogP contribution in [0.3, 0.4) is 0 Å². The molecule has 0 aromatic heterocycles. The lowest BCUT2D eigenvalue weighted by Gasteiger charge is -2.06. The molecule has 0 aromatic rings. The predicted octanol–water partition coefficient (Wildman–Crippen LogP) is 12.6. The number of unbranched alkanes of at least 4 members (excludes halogenated alkanes) is 25. The van der Waals surface area contributed by atoms with Gasteiger partial charge in [-0.25, -0.2) is 0 Å². The highest BCUT2D eigenvalue weighted by molar-refractivity contribution is 5.06. The molecular weight excluding hydrogens is 424 g/mol. The Morgan fingerprint density at radius 1 is 0.457 bits per heavy atom. The van der Waals surface area contributed by atoms with Gasteiger partial charge in [0.05, 0.1) is 6.61 Å². The topological polar surface area (TPSA) is 9.23 Å². The Bertz CT molecular complexity index is 424. The molecular formula is C34H66O. The number of rotatable bonds is 30. The van der Waals surface area contributed by atoms with Crippen molar-refractivity contribution in [3.8, 4) is 0 Å². The molecule has 0 aliphatic rings. The molecule has 0 unspecified atom stereocenters. The van der Waals surface area contributed by atoms with Gasteiger partial charge in [-0.1, -0.05) is 181 Å². The molecule has 208 valence electrons. The van der Waals surface area contributed by atoms with Crippen molar-refractivity contribution in [2.45, 2.75) is 187 Å². The second-order valence-electron chi connectivity index (χ2n) is 11.0. The van der Waals surface area contributed by atoms with Crippen LogP contribution in [0, 0.1) is 0 Å². The summed E-state index contributed by atoms with van der Waals surface area (Å²) in [6, 6.07) is 0. The second-order valence-corrected chi connectivity index (χ2v) is 11.0. The number of hydrogen-bond acceptors (Lipinski definition) is 1. The molecule has 0 saturated carbocycles. The Hall–Kier alpha value is -0.720. The standard InChI is InChI=1S/C34H66O/c1-4-6-8-10-12-14-15-16-17-18-19-20-21-22-23-24-25-26-28-30-32-34(3)35-33-31-29-27-13-11-9-7-5-2/h30,32H,3-29,31,33H2,1-2H3/b32-30+. The van der Waals surface area contributed by atoms with Gasteiger partial charge in [0, 0.05) is 0 Å². The molecule has 0 fully saturated rings. The van der Waals surface area contributed by atoms with Crippen LogP contribution >= 0.6 is 0 Å². The predicted molar refractivity (Wildman–Crippen MR) is 160 cm³/mol. The molecule has 1 nitrogen and oxygen atoms in total. The molecule has 0 heterocycles. The third kappa shape index (κ3) is 31.2. The molecule has 0 rings (SSSR count). The van der Waals surface area contributed by atoms with Crippen molar-refractivity contribution < 1.29 is 4.74 Å². The first-order chi connectivity index (χ1) is 17.3. The normalized spacial score (nSPS) is 11.5. The van der Waals surface area contributed by atoms with Gasteiger partial charge in [0.15, 0.2) is 0 Å². The average Bonchev–Trinajstić information content (AvgIpc) is 2.86. The van der Waals surface area contributed by atoms with Crippen LogP contribution in [0.15, 0.2) is 24.5 Å². The number of allylic oxidation sites excluding steroid dienone is 2. The summed E-state index contributed by atoms with van der Waals surface area (Å²) in [6.07, 6.45) is 42.1. The Balaban J connectivity index is 3.19. The van der Waals surface area contributed by atoms with Crippen LogP contribution in [0.25, 0.3) is 0 Å². The fourth-order valence-corrected chi connectivity index (χ4v) is 4.87. The van der Waals surface area contributed by atoms with E-state index < -0.39 is 0 Å². The summed E-state index contributed by atoms with van der Waals surface area (Å²) in [6.45, 7) is 9.44. The van der Waals surface area contributed by atoms with Crippen molar-refractivity contribution in [1.29, 1.82) is 0 Å². The Morgan fingerprint density at radius 2 is 0.771 bits per heavy atom. The molecule has 0 atom stereocenters. The molecule has 0 N–H and O–H groups in total. The monoisotopic (exact) mass is 491 g/mol. The van der Waals surface area contributed by atoms with Crippen molar-refractivity contribution >= 4 is 0 Å². The van der Waals surface area contributed by atoms with E-state index in [4.69, 9.17) is 4.74 Å². The highest BCUT2D eigenvalue weighted by atomic mass is 16.5. The van der Waals surface area contributed by atoms with E-state index in [1.54, 1.807) is 0 Å². The Labute approximate surface area is 223 Å². The van der Waals surface area contributed by atoms with Crippen LogP contribution < -0.4 is 0 Å². The highest BCUT2D eigenvalue weighted by Gasteiger charge is 1.96. The van der Waals surface area contributed by atoms with E-state index in [0.29, 0.717) is 0 Å². The second kappa shape index (κ2) is 31.3. The summed E-state index contributed by atoms with van der Waals surface area (Å²) in [5, 5.41) is 0. The van der Waals surface area contributed by atoms with E-state index in [1.807, 2.05) is 0 Å². The summed E-state index contributed by atoms with van der Waals surface area (Å²) >= 11 is 0. The molecule has 35 heavy (non-hydrogen) atoms. The fourth-order valence-electron chi connectivity index (χ4n) is 4.87. The van der Waals surface area contributed by atoms with Crippen molar-refractivity contribution in [3.05, 3.63) is 24.5 Å². The van der Waals surface area contributed by atoms with Gasteiger partial charge in [0.2, 0.25) is 0 Å². The van der Waals surface area contributed by atoms with Gasteiger partial charge in [-0.2, -0.15) is 0 Å². The minimum Gasteiger partial charge on any atom is -0.494 e. The first-order valence-corrected chi connectivity index (χ1v) is 16.3. The van der Waals surface area contributed by atoms with Gasteiger partial charge < -0.3 is 4.74 Å². The van der Waals surface area contributed by atoms with Crippen molar-refractivity contribution in [1.82, 2.24) is 0 Å². The molecule has 0 aliphatic carbocycles. The summed E-state index contributed by atoms with van der Waals surface area (Å²) in [7, 11) is 0. The lowest BCUT2D eigenvalue weighted by molar-refractivity contribution is 0.218. The zero-order chi connectivity index (χ0) is 25.5. The van der Waals surface area contributed by atoms with Crippen LogP contribution in [0.4, 0.5) is 0 Å². The van der Waals surface area contributed by atoms with Gasteiger partial charge in [0.1, 0.15) is 5.76 Å². The van der Waals surface area contributed by atoms with E-state index in [0.717, 1.165) is 12.4 Å². The minimum absolute atomic E-state index is 0.831. The lowest BCUT2D eigenvalue weighted by atomic mass is 10.0. The van der Waals surface area contributed by atoms with Crippen LogP contribution in [0.1, 0.15) is 187 Å². The SMILES string of the molecule is C=C(/C=C/CCCCCCCCCCCCCCCCCCCC)OCCCCCCCCCC. The van der Waals surface area contributed by atoms with Crippen LogP contribution in [-0.2, 0) is 4.74 Å². The summed E-state index contributed by atoms with van der Waals surface area (Å²) in [5.41, 5.74) is 0. The molecule has 0 amide bonds. The van der Waals surface area contributed by atoms with Gasteiger partial charge in [-0.15, -0.1) is 0 Å². The van der Waals surface area contributed by atoms with E-state index in [2.05, 4.69) is 32.6 Å². The quantitative estimate of drug-likeness (QED) is 0.0552. The third-order valence-electron chi connectivity index (χ3n) is 7.31. The maximum absolute atomic E-state index is 5.75. The first kappa shape index (κ1) is 34.3. The maximum atomic E-state index is 5.75. The van der Waals surface area contributed by atoms with Crippen molar-refractivity contribution in [2.75, 3.05) is 6.61 Å². The highest BCUT2D eigenvalue weighted by Crippen LogP contribution is 2.15. The molecule has 0 bridgehead atoms. The fraction of sp³-hybridized carbons (Fsp3) is 0.882. The van der Waals surface area contributed by atoms with Crippen molar-refractivity contribution in [3.63, 3.8) is 0 Å². The number of ether oxygens (including phenoxy) is 1. The van der Waals surface area contributed by atoms with Gasteiger partial charge >= 0.3 is 0 Å². The van der Waals surface area contributed by atoms with Crippen molar-refractivity contribution in [2.24, 2.45) is 0 Å². The smallest absolute Gasteiger partial charge is 0.111 e. The zero-order valence-corrected chi connectivity index (χ0v) is 24.6. The van der Waals surface area contributed by atoms with E-state index in [1.165, 1.54) is 173 Å². The average molecular weight is 491 g/mol. The lowest BCUT2D eigenvalue weighted by Crippen LogP contribution is -1.92. The Kier molecular flexibility index (Phi) is 30.7. The first-order valence-electron chi connectivity index (χ1n) is 16.3. The minimum atomic E-state index is 0.831. The molecule has 0 aliphatic heterocycles. The molecule has 1 heteroatoms. The van der Waals surface area contributed by atoms with Crippen LogP contribution in [-0.4, -0.2) is 6.61 Å². The molecule has 0 saturated heterocycles. The molecule has 0 spiro atoms. The van der Waals surface area contributed by atoms with Gasteiger partial charge in [-0.05, 0) is 25.3 Å². The van der Waals surface area contributed by atoms with Crippen LogP contribution in [0.2, 0.25) is 0 Å². The third-order valence-corrected chi connectivity index (χ3v) is 7.31. The van der Waals surface area contributed by atoms with Gasteiger partial charge in [0.25, 0.3) is 0 Å². The largest absolute Gasteiger partial charge is 0.494 e. The van der Waals surface area contributed by atoms with E-state index in [9.17, 15) is 0 Å². The molecule has 0 radical (unpaired) electrons. The summed E-state index contributed by atoms with van der Waals surface area (Å²) in [4.78, 5) is 0. The summed E-state index contributed by atoms with van der Waals surface area (Å²) < 4.78 is 5.75. The molecule has 0 aromatic carbocycles. The Morgan fingerprint density at radius 3 is 1.14 bits per heavy atom. The summed E-state index contributed by atoms with van der Waals surface area (Å²) in [5.74, 6) is 0.843. The van der Waals surface area contributed by atoms with E-state index >= 15 is 0 Å². The maximum Gasteiger partial charge on any atom is 0.111 e. The zero-order valence-electron chi connectivity index (χ0n) is 24.6.